The van der Waals surface area contributed by atoms with Crippen molar-refractivity contribution in [3.8, 4) is 11.6 Å². The number of amides is 1. The van der Waals surface area contributed by atoms with E-state index in [1.807, 2.05) is 30.3 Å². The molecule has 3 aliphatic rings. The Bertz CT molecular complexity index is 936. The molecule has 0 radical (unpaired) electrons. The van der Waals surface area contributed by atoms with Gasteiger partial charge in [0.15, 0.2) is 0 Å². The van der Waals surface area contributed by atoms with Crippen molar-refractivity contribution in [3.05, 3.63) is 48.4 Å². The molecule has 0 spiro atoms. The Balaban J connectivity index is 1.25. The fourth-order valence-electron chi connectivity index (χ4n) is 5.93. The number of aromatic nitrogens is 2. The third kappa shape index (κ3) is 4.91. The summed E-state index contributed by atoms with van der Waals surface area (Å²) in [7, 11) is 0. The summed E-state index contributed by atoms with van der Waals surface area (Å²) in [6.07, 6.45) is 12.7. The molecular weight excluding hydrogens is 412 g/mol. The molecule has 5 rings (SSSR count). The second-order valence-corrected chi connectivity index (χ2v) is 10.3. The van der Waals surface area contributed by atoms with Gasteiger partial charge in [-0.2, -0.15) is 0 Å². The topological polar surface area (TPSA) is 58.6 Å². The van der Waals surface area contributed by atoms with Gasteiger partial charge in [0.25, 0.3) is 0 Å². The fraction of sp³-hybridized carbons (Fsp3) is 0.593. The Kier molecular flexibility index (Phi) is 6.63. The van der Waals surface area contributed by atoms with E-state index in [1.165, 1.54) is 25.7 Å². The van der Waals surface area contributed by atoms with Crippen molar-refractivity contribution in [2.75, 3.05) is 26.2 Å². The lowest BCUT2D eigenvalue weighted by Crippen LogP contribution is -2.52. The molecule has 2 aliphatic heterocycles. The van der Waals surface area contributed by atoms with Gasteiger partial charge in [0.05, 0.1) is 0 Å². The summed E-state index contributed by atoms with van der Waals surface area (Å²) < 4.78 is 6.07. The molecule has 1 atom stereocenters. The number of likely N-dealkylation sites (tertiary alicyclic amines) is 2. The summed E-state index contributed by atoms with van der Waals surface area (Å²) in [6.45, 7) is 5.85. The van der Waals surface area contributed by atoms with Gasteiger partial charge in [-0.3, -0.25) is 9.78 Å². The second-order valence-electron chi connectivity index (χ2n) is 10.3. The minimum absolute atomic E-state index is 0.150. The van der Waals surface area contributed by atoms with Gasteiger partial charge in [0, 0.05) is 42.9 Å². The molecule has 6 nitrogen and oxygen atoms in total. The SMILES string of the molecule is CC1(C(=O)N2CCC[C@@H](c3nccnc3Oc3ccccc3)C2)CCN(C2CCCC2)CC1. The molecule has 176 valence electrons. The Morgan fingerprint density at radius 2 is 1.70 bits per heavy atom. The molecule has 0 unspecified atom stereocenters. The number of rotatable bonds is 5. The monoisotopic (exact) mass is 448 g/mol. The Hall–Kier alpha value is -2.47. The first-order valence-corrected chi connectivity index (χ1v) is 12.7. The predicted octanol–water partition coefficient (Wildman–Crippen LogP) is 5.02. The summed E-state index contributed by atoms with van der Waals surface area (Å²) in [4.78, 5) is 27.6. The van der Waals surface area contributed by atoms with E-state index in [-0.39, 0.29) is 11.3 Å². The van der Waals surface area contributed by atoms with Crippen LogP contribution in [0, 0.1) is 5.41 Å². The van der Waals surface area contributed by atoms with Gasteiger partial charge in [0.1, 0.15) is 11.4 Å². The number of piperidine rings is 2. The number of hydrogen-bond donors (Lipinski definition) is 0. The first-order valence-electron chi connectivity index (χ1n) is 12.7. The summed E-state index contributed by atoms with van der Waals surface area (Å²) in [6, 6.07) is 10.5. The average Bonchev–Trinajstić information content (AvgIpc) is 3.40. The highest BCUT2D eigenvalue weighted by Gasteiger charge is 2.42. The zero-order valence-corrected chi connectivity index (χ0v) is 19.8. The van der Waals surface area contributed by atoms with Gasteiger partial charge in [-0.05, 0) is 63.7 Å². The number of hydrogen-bond acceptors (Lipinski definition) is 5. The highest BCUT2D eigenvalue weighted by Crippen LogP contribution is 2.39. The van der Waals surface area contributed by atoms with Gasteiger partial charge < -0.3 is 14.5 Å². The molecule has 1 aromatic heterocycles. The molecule has 6 heteroatoms. The van der Waals surface area contributed by atoms with E-state index in [4.69, 9.17) is 4.74 Å². The maximum absolute atomic E-state index is 13.7. The molecule has 3 fully saturated rings. The van der Waals surface area contributed by atoms with Crippen LogP contribution in [-0.2, 0) is 4.79 Å². The van der Waals surface area contributed by atoms with Crippen LogP contribution >= 0.6 is 0 Å². The molecule has 2 aromatic rings. The molecule has 0 N–H and O–H groups in total. The number of carbonyl (C=O) groups is 1. The average molecular weight is 449 g/mol. The van der Waals surface area contributed by atoms with E-state index < -0.39 is 0 Å². The Morgan fingerprint density at radius 1 is 0.970 bits per heavy atom. The molecule has 1 amide bonds. The van der Waals surface area contributed by atoms with Crippen LogP contribution in [0.3, 0.4) is 0 Å². The maximum Gasteiger partial charge on any atom is 0.241 e. The summed E-state index contributed by atoms with van der Waals surface area (Å²) in [5.74, 6) is 1.79. The van der Waals surface area contributed by atoms with Crippen LogP contribution in [0.15, 0.2) is 42.7 Å². The van der Waals surface area contributed by atoms with E-state index in [0.29, 0.717) is 18.3 Å². The normalized spacial score (nSPS) is 24.0. The van der Waals surface area contributed by atoms with Gasteiger partial charge >= 0.3 is 0 Å². The molecule has 0 bridgehead atoms. The number of carbonyl (C=O) groups excluding carboxylic acids is 1. The van der Waals surface area contributed by atoms with Crippen LogP contribution in [0.25, 0.3) is 0 Å². The first-order chi connectivity index (χ1) is 16.1. The van der Waals surface area contributed by atoms with Crippen molar-refractivity contribution in [2.24, 2.45) is 5.41 Å². The number of para-hydroxylation sites is 1. The molecule has 3 heterocycles. The number of benzene rings is 1. The summed E-state index contributed by atoms with van der Waals surface area (Å²) >= 11 is 0. The van der Waals surface area contributed by atoms with Crippen LogP contribution < -0.4 is 4.74 Å². The Morgan fingerprint density at radius 3 is 2.45 bits per heavy atom. The molecule has 2 saturated heterocycles. The third-order valence-corrected chi connectivity index (χ3v) is 8.00. The smallest absolute Gasteiger partial charge is 0.241 e. The number of nitrogens with zero attached hydrogens (tertiary/aromatic N) is 4. The first kappa shape index (κ1) is 22.3. The van der Waals surface area contributed by atoms with Crippen molar-refractivity contribution >= 4 is 5.91 Å². The largest absolute Gasteiger partial charge is 0.437 e. The molecule has 1 aromatic carbocycles. The van der Waals surface area contributed by atoms with Gasteiger partial charge in [-0.25, -0.2) is 4.98 Å². The highest BCUT2D eigenvalue weighted by molar-refractivity contribution is 5.82. The van der Waals surface area contributed by atoms with Crippen LogP contribution in [-0.4, -0.2) is 57.9 Å². The summed E-state index contributed by atoms with van der Waals surface area (Å²) in [5.41, 5.74) is 0.614. The minimum Gasteiger partial charge on any atom is -0.437 e. The maximum atomic E-state index is 13.7. The third-order valence-electron chi connectivity index (χ3n) is 8.00. The quantitative estimate of drug-likeness (QED) is 0.643. The van der Waals surface area contributed by atoms with Gasteiger partial charge in [0.2, 0.25) is 11.8 Å². The van der Waals surface area contributed by atoms with Crippen LogP contribution in [0.2, 0.25) is 0 Å². The van der Waals surface area contributed by atoms with Gasteiger partial charge in [-0.15, -0.1) is 0 Å². The Labute approximate surface area is 197 Å². The standard InChI is InChI=1S/C27H36N4O2/c1-27(13-18-30(19-14-27)22-9-5-6-10-22)26(32)31-17-7-8-21(20-31)24-25(29-16-15-28-24)33-23-11-3-2-4-12-23/h2-4,11-12,15-16,21-22H,5-10,13-14,17-20H2,1H3/t21-/m1/s1. The van der Waals surface area contributed by atoms with E-state index in [9.17, 15) is 4.79 Å². The van der Waals surface area contributed by atoms with E-state index in [2.05, 4.69) is 26.7 Å². The number of ether oxygens (including phenoxy) is 1. The summed E-state index contributed by atoms with van der Waals surface area (Å²) in [5, 5.41) is 0. The highest BCUT2D eigenvalue weighted by atomic mass is 16.5. The van der Waals surface area contributed by atoms with Crippen LogP contribution in [0.5, 0.6) is 11.6 Å². The fourth-order valence-corrected chi connectivity index (χ4v) is 5.93. The zero-order chi connectivity index (χ0) is 22.7. The van der Waals surface area contributed by atoms with Crippen molar-refractivity contribution in [3.63, 3.8) is 0 Å². The lowest BCUT2D eigenvalue weighted by atomic mass is 9.78. The lowest BCUT2D eigenvalue weighted by Gasteiger charge is -2.44. The van der Waals surface area contributed by atoms with Crippen molar-refractivity contribution in [1.29, 1.82) is 0 Å². The molecule has 1 saturated carbocycles. The zero-order valence-electron chi connectivity index (χ0n) is 19.8. The van der Waals surface area contributed by atoms with Crippen molar-refractivity contribution in [2.45, 2.75) is 70.3 Å². The predicted molar refractivity (Wildman–Crippen MR) is 128 cm³/mol. The van der Waals surface area contributed by atoms with Crippen molar-refractivity contribution < 1.29 is 9.53 Å². The van der Waals surface area contributed by atoms with Crippen LogP contribution in [0.4, 0.5) is 0 Å². The molecule has 1 aliphatic carbocycles. The lowest BCUT2D eigenvalue weighted by molar-refractivity contribution is -0.145. The van der Waals surface area contributed by atoms with E-state index >= 15 is 0 Å². The van der Waals surface area contributed by atoms with Gasteiger partial charge in [-0.1, -0.05) is 38.0 Å². The second kappa shape index (κ2) is 9.80. The van der Waals surface area contributed by atoms with E-state index in [1.54, 1.807) is 12.4 Å². The van der Waals surface area contributed by atoms with Crippen molar-refractivity contribution in [1.82, 2.24) is 19.8 Å². The minimum atomic E-state index is -0.247. The van der Waals surface area contributed by atoms with E-state index in [0.717, 1.165) is 62.8 Å². The molecular formula is C27H36N4O2. The van der Waals surface area contributed by atoms with Crippen LogP contribution in [0.1, 0.15) is 69.9 Å². The molecule has 33 heavy (non-hydrogen) atoms.